The molecule has 5 heteroatoms. The molecule has 1 aromatic heterocycles. The monoisotopic (exact) mass is 362 g/mol. The van der Waals surface area contributed by atoms with Crippen LogP contribution in [0.2, 0.25) is 0 Å². The van der Waals surface area contributed by atoms with E-state index in [-0.39, 0.29) is 6.03 Å². The molecule has 4 aliphatic rings. The highest BCUT2D eigenvalue weighted by atomic mass is 16.2. The Labute approximate surface area is 160 Å². The van der Waals surface area contributed by atoms with Gasteiger partial charge in [0.25, 0.3) is 0 Å². The number of amides is 2. The van der Waals surface area contributed by atoms with E-state index < -0.39 is 0 Å². The Morgan fingerprint density at radius 3 is 2.67 bits per heavy atom. The molecule has 0 aliphatic carbocycles. The molecule has 0 spiro atoms. The van der Waals surface area contributed by atoms with Crippen molar-refractivity contribution in [2.45, 2.75) is 37.8 Å². The molecule has 2 bridgehead atoms. The number of hydrogen-bond acceptors (Lipinski definition) is 3. The van der Waals surface area contributed by atoms with Crippen LogP contribution in [0.3, 0.4) is 0 Å². The van der Waals surface area contributed by atoms with Crippen molar-refractivity contribution in [1.82, 2.24) is 14.8 Å². The van der Waals surface area contributed by atoms with Gasteiger partial charge in [0, 0.05) is 36.6 Å². The highest BCUT2D eigenvalue weighted by Crippen LogP contribution is 2.46. The third-order valence-corrected chi connectivity index (χ3v) is 6.75. The maximum absolute atomic E-state index is 13.3. The molecule has 1 N–H and O–H groups in total. The normalized spacial score (nSPS) is 31.6. The summed E-state index contributed by atoms with van der Waals surface area (Å²) in [5.41, 5.74) is 3.26. The number of fused-ring (bicyclic) bond motifs is 2. The van der Waals surface area contributed by atoms with Crippen molar-refractivity contribution in [2.75, 3.05) is 25.0 Å². The van der Waals surface area contributed by atoms with Crippen molar-refractivity contribution in [1.29, 1.82) is 0 Å². The van der Waals surface area contributed by atoms with Crippen LogP contribution in [-0.2, 0) is 0 Å². The van der Waals surface area contributed by atoms with E-state index in [9.17, 15) is 4.79 Å². The Hall–Kier alpha value is -2.40. The fourth-order valence-corrected chi connectivity index (χ4v) is 5.44. The van der Waals surface area contributed by atoms with Gasteiger partial charge in [-0.25, -0.2) is 4.79 Å². The average Bonchev–Trinajstić information content (AvgIpc) is 3.14. The van der Waals surface area contributed by atoms with E-state index in [1.54, 1.807) is 0 Å². The number of rotatable bonds is 2. The number of benzene rings is 1. The highest BCUT2D eigenvalue weighted by Gasteiger charge is 2.54. The molecule has 4 saturated heterocycles. The van der Waals surface area contributed by atoms with E-state index in [2.05, 4.69) is 26.2 Å². The van der Waals surface area contributed by atoms with Crippen molar-refractivity contribution < 1.29 is 4.79 Å². The van der Waals surface area contributed by atoms with Gasteiger partial charge in [0.1, 0.15) is 0 Å². The lowest BCUT2D eigenvalue weighted by atomic mass is 9.75. The summed E-state index contributed by atoms with van der Waals surface area (Å²) in [4.78, 5) is 22.3. The van der Waals surface area contributed by atoms with Gasteiger partial charge in [-0.3, -0.25) is 9.88 Å². The topological polar surface area (TPSA) is 48.5 Å². The maximum Gasteiger partial charge on any atom is 0.322 e. The number of hydrogen-bond donors (Lipinski definition) is 1. The van der Waals surface area contributed by atoms with E-state index in [0.29, 0.717) is 23.9 Å². The fraction of sp³-hybridized carbons (Fsp3) is 0.455. The minimum atomic E-state index is 0.0411. The van der Waals surface area contributed by atoms with Crippen LogP contribution in [0.15, 0.2) is 48.8 Å². The highest BCUT2D eigenvalue weighted by molar-refractivity contribution is 5.90. The van der Waals surface area contributed by atoms with Gasteiger partial charge in [-0.05, 0) is 62.0 Å². The standard InChI is InChI=1S/C22H26N4O/c1-15-5-2-3-7-19(15)24-22(27)26-14-18(17-6-4-10-23-13-17)21-20(26)16-8-11-25(21)12-9-16/h2-7,10,13,16,18,20-21H,8-9,11-12,14H2,1H3,(H,24,27). The molecule has 5 heterocycles. The van der Waals surface area contributed by atoms with Crippen LogP contribution in [0.1, 0.15) is 29.9 Å². The molecule has 6 rings (SSSR count). The van der Waals surface area contributed by atoms with Crippen LogP contribution in [0.4, 0.5) is 10.5 Å². The Morgan fingerprint density at radius 2 is 1.93 bits per heavy atom. The molecule has 3 unspecified atom stereocenters. The number of nitrogens with zero attached hydrogens (tertiary/aromatic N) is 3. The smallest absolute Gasteiger partial charge is 0.319 e. The summed E-state index contributed by atoms with van der Waals surface area (Å²) in [6.45, 7) is 5.13. The second kappa shape index (κ2) is 6.64. The number of likely N-dealkylation sites (tertiary alicyclic amines) is 1. The van der Waals surface area contributed by atoms with Crippen LogP contribution >= 0.6 is 0 Å². The number of pyridine rings is 1. The zero-order chi connectivity index (χ0) is 18.4. The Balaban J connectivity index is 1.45. The third-order valence-electron chi connectivity index (χ3n) is 6.75. The van der Waals surface area contributed by atoms with Crippen LogP contribution in [0.25, 0.3) is 0 Å². The number of aryl methyl sites for hydroxylation is 1. The van der Waals surface area contributed by atoms with Crippen molar-refractivity contribution in [2.24, 2.45) is 5.92 Å². The van der Waals surface area contributed by atoms with Crippen molar-refractivity contribution in [3.63, 3.8) is 0 Å². The van der Waals surface area contributed by atoms with Crippen LogP contribution in [-0.4, -0.2) is 52.5 Å². The van der Waals surface area contributed by atoms with Crippen molar-refractivity contribution >= 4 is 11.7 Å². The summed E-state index contributed by atoms with van der Waals surface area (Å²) in [5.74, 6) is 0.957. The van der Waals surface area contributed by atoms with Gasteiger partial charge in [0.15, 0.2) is 0 Å². The Morgan fingerprint density at radius 1 is 1.11 bits per heavy atom. The first-order valence-electron chi connectivity index (χ1n) is 9.99. The summed E-state index contributed by atoms with van der Waals surface area (Å²) in [7, 11) is 0. The van der Waals surface area contributed by atoms with Crippen molar-refractivity contribution in [3.05, 3.63) is 59.9 Å². The molecule has 3 atom stereocenters. The largest absolute Gasteiger partial charge is 0.322 e. The zero-order valence-electron chi connectivity index (χ0n) is 15.7. The third kappa shape index (κ3) is 2.81. The minimum absolute atomic E-state index is 0.0411. The van der Waals surface area contributed by atoms with Gasteiger partial charge >= 0.3 is 6.03 Å². The van der Waals surface area contributed by atoms with Crippen LogP contribution < -0.4 is 5.32 Å². The van der Waals surface area contributed by atoms with Crippen LogP contribution in [0, 0.1) is 12.8 Å². The summed E-state index contributed by atoms with van der Waals surface area (Å²) >= 11 is 0. The molecule has 140 valence electrons. The van der Waals surface area contributed by atoms with Crippen LogP contribution in [0.5, 0.6) is 0 Å². The summed E-state index contributed by atoms with van der Waals surface area (Å²) in [6, 6.07) is 12.9. The van der Waals surface area contributed by atoms with Gasteiger partial charge < -0.3 is 10.2 Å². The number of anilines is 1. The van der Waals surface area contributed by atoms with E-state index in [1.165, 1.54) is 18.4 Å². The quantitative estimate of drug-likeness (QED) is 0.890. The number of urea groups is 1. The van der Waals surface area contributed by atoms with E-state index >= 15 is 0 Å². The first kappa shape index (κ1) is 16.8. The molecule has 0 radical (unpaired) electrons. The van der Waals surface area contributed by atoms with E-state index in [0.717, 1.165) is 30.9 Å². The summed E-state index contributed by atoms with van der Waals surface area (Å²) < 4.78 is 0. The SMILES string of the molecule is Cc1ccccc1NC(=O)N1CC(c2cccnc2)C2C1C1CCN2CC1. The number of carbonyl (C=O) groups excluding carboxylic acids is 1. The number of nitrogens with one attached hydrogen (secondary N) is 1. The summed E-state index contributed by atoms with van der Waals surface area (Å²) in [5, 5.41) is 3.17. The Bertz CT molecular complexity index is 831. The predicted molar refractivity (Wildman–Crippen MR) is 106 cm³/mol. The number of piperidine rings is 3. The fourth-order valence-electron chi connectivity index (χ4n) is 5.44. The number of para-hydroxylation sites is 1. The van der Waals surface area contributed by atoms with Gasteiger partial charge in [-0.2, -0.15) is 0 Å². The molecule has 1 aromatic carbocycles. The molecule has 0 saturated carbocycles. The lowest BCUT2D eigenvalue weighted by molar-refractivity contribution is 0.00492. The van der Waals surface area contributed by atoms with Gasteiger partial charge in [0.05, 0.1) is 6.04 Å². The predicted octanol–water partition coefficient (Wildman–Crippen LogP) is 3.48. The first-order chi connectivity index (χ1) is 13.2. The lowest BCUT2D eigenvalue weighted by Gasteiger charge is -2.51. The van der Waals surface area contributed by atoms with Gasteiger partial charge in [-0.1, -0.05) is 24.3 Å². The number of aromatic nitrogens is 1. The average molecular weight is 362 g/mol. The summed E-state index contributed by atoms with van der Waals surface area (Å²) in [6.07, 6.45) is 6.21. The lowest BCUT2D eigenvalue weighted by Crippen LogP contribution is -2.61. The molecule has 4 fully saturated rings. The molecule has 4 aliphatic heterocycles. The molecule has 27 heavy (non-hydrogen) atoms. The molecule has 2 amide bonds. The molecular formula is C22H26N4O. The van der Waals surface area contributed by atoms with Gasteiger partial charge in [0.2, 0.25) is 0 Å². The Kier molecular flexibility index (Phi) is 4.12. The van der Waals surface area contributed by atoms with Crippen molar-refractivity contribution in [3.8, 4) is 0 Å². The second-order valence-corrected chi connectivity index (χ2v) is 8.14. The van der Waals surface area contributed by atoms with E-state index in [1.807, 2.05) is 49.6 Å². The molecule has 5 nitrogen and oxygen atoms in total. The number of carbonyl (C=O) groups is 1. The zero-order valence-corrected chi connectivity index (χ0v) is 15.7. The van der Waals surface area contributed by atoms with E-state index in [4.69, 9.17) is 0 Å². The minimum Gasteiger partial charge on any atom is -0.319 e. The second-order valence-electron chi connectivity index (χ2n) is 8.14. The molecular weight excluding hydrogens is 336 g/mol. The van der Waals surface area contributed by atoms with Gasteiger partial charge in [-0.15, -0.1) is 0 Å². The first-order valence-corrected chi connectivity index (χ1v) is 9.99. The maximum atomic E-state index is 13.3. The molecule has 2 aromatic rings.